The number of hydrogen-bond donors (Lipinski definition) is 1. The zero-order chi connectivity index (χ0) is 14.8. The highest BCUT2D eigenvalue weighted by molar-refractivity contribution is 9.10. The molecule has 0 unspecified atom stereocenters. The predicted octanol–water partition coefficient (Wildman–Crippen LogP) is 2.79. The van der Waals surface area contributed by atoms with Crippen LogP contribution >= 0.6 is 27.3 Å². The lowest BCUT2D eigenvalue weighted by molar-refractivity contribution is 0.466. The number of halogens is 1. The van der Waals surface area contributed by atoms with Crippen molar-refractivity contribution >= 4 is 37.3 Å². The molecular formula is C13H15BrN2O2S2. The molecule has 0 saturated heterocycles. The van der Waals surface area contributed by atoms with Gasteiger partial charge in [-0.15, -0.1) is 11.3 Å². The maximum Gasteiger partial charge on any atom is 0.244 e. The Morgan fingerprint density at radius 1 is 1.35 bits per heavy atom. The third-order valence-corrected chi connectivity index (χ3v) is 6.33. The molecule has 2 N–H and O–H groups in total. The molecule has 0 saturated carbocycles. The van der Waals surface area contributed by atoms with Gasteiger partial charge >= 0.3 is 0 Å². The van der Waals surface area contributed by atoms with Crippen LogP contribution in [0, 0.1) is 0 Å². The predicted molar refractivity (Wildman–Crippen MR) is 85.0 cm³/mol. The molecule has 2 rings (SSSR count). The number of nitrogens with two attached hydrogens (primary N) is 1. The molecule has 0 aliphatic rings. The second-order valence-electron chi connectivity index (χ2n) is 4.30. The zero-order valence-electron chi connectivity index (χ0n) is 10.9. The highest BCUT2D eigenvalue weighted by atomic mass is 79.9. The molecule has 0 aliphatic heterocycles. The largest absolute Gasteiger partial charge is 0.326 e. The monoisotopic (exact) mass is 374 g/mol. The summed E-state index contributed by atoms with van der Waals surface area (Å²) in [6.07, 6.45) is 0. The molecular weight excluding hydrogens is 360 g/mol. The fourth-order valence-electron chi connectivity index (χ4n) is 1.85. The summed E-state index contributed by atoms with van der Waals surface area (Å²) < 4.78 is 27.3. The summed E-state index contributed by atoms with van der Waals surface area (Å²) in [6, 6.07) is 9.20. The number of nitrogens with zero attached hydrogens (tertiary/aromatic N) is 1. The van der Waals surface area contributed by atoms with E-state index < -0.39 is 10.0 Å². The van der Waals surface area contributed by atoms with Gasteiger partial charge in [0.05, 0.1) is 4.90 Å². The molecule has 108 valence electrons. The third-order valence-electron chi connectivity index (χ3n) is 2.87. The van der Waals surface area contributed by atoms with Crippen LogP contribution in [0.4, 0.5) is 0 Å². The molecule has 20 heavy (non-hydrogen) atoms. The number of sulfonamides is 1. The van der Waals surface area contributed by atoms with Crippen molar-refractivity contribution in [2.45, 2.75) is 18.0 Å². The Morgan fingerprint density at radius 2 is 2.10 bits per heavy atom. The van der Waals surface area contributed by atoms with Gasteiger partial charge in [-0.3, -0.25) is 0 Å². The maximum atomic E-state index is 12.5. The summed E-state index contributed by atoms with van der Waals surface area (Å²) in [4.78, 5) is 0.994. The second kappa shape index (κ2) is 6.36. The first kappa shape index (κ1) is 15.7. The fraction of sp³-hybridized carbons (Fsp3) is 0.231. The SMILES string of the molecule is CN(Cc1cccc(Br)c1)S(=O)(=O)c1ccsc1CN. The van der Waals surface area contributed by atoms with Gasteiger partial charge in [0.25, 0.3) is 0 Å². The third kappa shape index (κ3) is 3.29. The number of benzene rings is 1. The smallest absolute Gasteiger partial charge is 0.244 e. The lowest BCUT2D eigenvalue weighted by atomic mass is 10.2. The first-order chi connectivity index (χ1) is 9.45. The molecule has 7 heteroatoms. The normalized spacial score (nSPS) is 12.0. The molecule has 0 amide bonds. The molecule has 0 fully saturated rings. The van der Waals surface area contributed by atoms with Crippen molar-refractivity contribution in [1.82, 2.24) is 4.31 Å². The van der Waals surface area contributed by atoms with Gasteiger partial charge in [0, 0.05) is 29.5 Å². The lowest BCUT2D eigenvalue weighted by Crippen LogP contribution is -2.27. The van der Waals surface area contributed by atoms with Crippen molar-refractivity contribution in [3.8, 4) is 0 Å². The highest BCUT2D eigenvalue weighted by Crippen LogP contribution is 2.25. The van der Waals surface area contributed by atoms with E-state index in [1.807, 2.05) is 24.3 Å². The molecule has 1 aromatic heterocycles. The Kier molecular flexibility index (Phi) is 4.98. The van der Waals surface area contributed by atoms with Crippen molar-refractivity contribution in [3.05, 3.63) is 50.6 Å². The van der Waals surface area contributed by atoms with Crippen LogP contribution < -0.4 is 5.73 Å². The van der Waals surface area contributed by atoms with Crippen LogP contribution in [-0.4, -0.2) is 19.8 Å². The summed E-state index contributed by atoms with van der Waals surface area (Å²) in [5, 5.41) is 1.75. The Hall–Kier alpha value is -0.730. The van der Waals surface area contributed by atoms with Crippen LogP contribution in [0.15, 0.2) is 45.1 Å². The van der Waals surface area contributed by atoms with Crippen LogP contribution in [0.2, 0.25) is 0 Å². The average molecular weight is 375 g/mol. The first-order valence-electron chi connectivity index (χ1n) is 5.92. The van der Waals surface area contributed by atoms with Gasteiger partial charge in [-0.1, -0.05) is 28.1 Å². The van der Waals surface area contributed by atoms with Gasteiger partial charge in [0.2, 0.25) is 10.0 Å². The minimum Gasteiger partial charge on any atom is -0.326 e. The molecule has 0 atom stereocenters. The molecule has 0 aliphatic carbocycles. The van der Waals surface area contributed by atoms with Crippen LogP contribution in [0.1, 0.15) is 10.4 Å². The van der Waals surface area contributed by atoms with E-state index >= 15 is 0 Å². The summed E-state index contributed by atoms with van der Waals surface area (Å²) in [5.41, 5.74) is 6.51. The number of rotatable bonds is 5. The molecule has 1 aromatic carbocycles. The molecule has 0 radical (unpaired) electrons. The first-order valence-corrected chi connectivity index (χ1v) is 9.03. The average Bonchev–Trinajstić information content (AvgIpc) is 2.87. The quantitative estimate of drug-likeness (QED) is 0.874. The maximum absolute atomic E-state index is 12.5. The van der Waals surface area contributed by atoms with Crippen LogP contribution in [0.5, 0.6) is 0 Å². The minimum absolute atomic E-state index is 0.233. The topological polar surface area (TPSA) is 63.4 Å². The van der Waals surface area contributed by atoms with Gasteiger partial charge < -0.3 is 5.73 Å². The van der Waals surface area contributed by atoms with Gasteiger partial charge in [-0.2, -0.15) is 4.31 Å². The van der Waals surface area contributed by atoms with Crippen molar-refractivity contribution in [3.63, 3.8) is 0 Å². The van der Waals surface area contributed by atoms with Gasteiger partial charge in [-0.25, -0.2) is 8.42 Å². The minimum atomic E-state index is -3.50. The summed E-state index contributed by atoms with van der Waals surface area (Å²) in [5.74, 6) is 0. The van der Waals surface area contributed by atoms with Crippen molar-refractivity contribution in [1.29, 1.82) is 0 Å². The Morgan fingerprint density at radius 3 is 2.75 bits per heavy atom. The zero-order valence-corrected chi connectivity index (χ0v) is 14.1. The fourth-order valence-corrected chi connectivity index (χ4v) is 4.76. The van der Waals surface area contributed by atoms with E-state index in [-0.39, 0.29) is 6.54 Å². The molecule has 0 spiro atoms. The van der Waals surface area contributed by atoms with Crippen LogP contribution in [0.3, 0.4) is 0 Å². The van der Waals surface area contributed by atoms with E-state index in [1.54, 1.807) is 18.5 Å². The Balaban J connectivity index is 2.26. The van der Waals surface area contributed by atoms with Crippen molar-refractivity contribution in [2.24, 2.45) is 5.73 Å². The van der Waals surface area contributed by atoms with E-state index in [2.05, 4.69) is 15.9 Å². The summed E-state index contributed by atoms with van der Waals surface area (Å²) in [6.45, 7) is 0.554. The molecule has 4 nitrogen and oxygen atoms in total. The molecule has 0 bridgehead atoms. The van der Waals surface area contributed by atoms with E-state index in [9.17, 15) is 8.42 Å². The lowest BCUT2D eigenvalue weighted by Gasteiger charge is -2.17. The highest BCUT2D eigenvalue weighted by Gasteiger charge is 2.24. The molecule has 2 aromatic rings. The Bertz CT molecular complexity index is 698. The number of hydrogen-bond acceptors (Lipinski definition) is 4. The van der Waals surface area contributed by atoms with E-state index in [0.717, 1.165) is 10.0 Å². The van der Waals surface area contributed by atoms with E-state index in [1.165, 1.54) is 15.6 Å². The van der Waals surface area contributed by atoms with Gasteiger partial charge in [0.1, 0.15) is 0 Å². The van der Waals surface area contributed by atoms with E-state index in [4.69, 9.17) is 5.73 Å². The van der Waals surface area contributed by atoms with Crippen LogP contribution in [-0.2, 0) is 23.1 Å². The van der Waals surface area contributed by atoms with E-state index in [0.29, 0.717) is 16.3 Å². The second-order valence-corrected chi connectivity index (χ2v) is 8.23. The number of thiophene rings is 1. The molecule has 1 heterocycles. The standard InChI is InChI=1S/C13H15BrN2O2S2/c1-16(9-10-3-2-4-11(14)7-10)20(17,18)13-5-6-19-12(13)8-15/h2-7H,8-9,15H2,1H3. The van der Waals surface area contributed by atoms with Gasteiger partial charge in [0.15, 0.2) is 0 Å². The summed E-state index contributed by atoms with van der Waals surface area (Å²) >= 11 is 4.75. The van der Waals surface area contributed by atoms with Crippen LogP contribution in [0.25, 0.3) is 0 Å². The Labute approximate surface area is 131 Å². The van der Waals surface area contributed by atoms with Gasteiger partial charge in [-0.05, 0) is 29.1 Å². The summed E-state index contributed by atoms with van der Waals surface area (Å²) in [7, 11) is -1.92. The van der Waals surface area contributed by atoms with Crippen molar-refractivity contribution < 1.29 is 8.42 Å². The van der Waals surface area contributed by atoms with Crippen molar-refractivity contribution in [2.75, 3.05) is 7.05 Å².